The van der Waals surface area contributed by atoms with Gasteiger partial charge in [-0.1, -0.05) is 39.7 Å². The standard InChI is InChI=1S/C9H10BrNO/c10-8-3-1-2-6-4-9(12)11-5-7(6)8/h1-3,7-8H,4-5H2,(H,11,12). The van der Waals surface area contributed by atoms with Gasteiger partial charge in [0, 0.05) is 23.7 Å². The number of nitrogens with one attached hydrogen (secondary N) is 1. The predicted octanol–water partition coefficient (Wildman–Crippen LogP) is 1.38. The van der Waals surface area contributed by atoms with Crippen molar-refractivity contribution in [2.45, 2.75) is 11.2 Å². The van der Waals surface area contributed by atoms with Crippen molar-refractivity contribution in [1.82, 2.24) is 5.32 Å². The van der Waals surface area contributed by atoms with Gasteiger partial charge in [-0.2, -0.15) is 0 Å². The molecule has 0 saturated carbocycles. The second-order valence-corrected chi connectivity index (χ2v) is 4.22. The first-order valence-electron chi connectivity index (χ1n) is 4.05. The molecule has 0 radical (unpaired) electrons. The highest BCUT2D eigenvalue weighted by Gasteiger charge is 2.28. The Morgan fingerprint density at radius 3 is 3.25 bits per heavy atom. The number of carbonyl (C=O) groups excluding carboxylic acids is 1. The molecule has 1 aliphatic carbocycles. The van der Waals surface area contributed by atoms with E-state index in [0.717, 1.165) is 6.54 Å². The van der Waals surface area contributed by atoms with Gasteiger partial charge in [-0.3, -0.25) is 4.79 Å². The third kappa shape index (κ3) is 1.33. The molecule has 0 aromatic rings. The summed E-state index contributed by atoms with van der Waals surface area (Å²) in [7, 11) is 0. The van der Waals surface area contributed by atoms with Gasteiger partial charge in [0.25, 0.3) is 0 Å². The Morgan fingerprint density at radius 1 is 1.58 bits per heavy atom. The fourth-order valence-corrected chi connectivity index (χ4v) is 2.36. The van der Waals surface area contributed by atoms with Crippen molar-refractivity contribution in [2.24, 2.45) is 5.92 Å². The van der Waals surface area contributed by atoms with E-state index in [9.17, 15) is 4.79 Å². The summed E-state index contributed by atoms with van der Waals surface area (Å²) in [6.45, 7) is 0.769. The molecule has 0 aromatic heterocycles. The number of carbonyl (C=O) groups is 1. The van der Waals surface area contributed by atoms with E-state index < -0.39 is 0 Å². The van der Waals surface area contributed by atoms with Crippen LogP contribution >= 0.6 is 15.9 Å². The molecule has 0 bridgehead atoms. The average molecular weight is 228 g/mol. The molecule has 0 spiro atoms. The number of allylic oxidation sites excluding steroid dienone is 3. The zero-order valence-electron chi connectivity index (χ0n) is 6.59. The molecule has 1 N–H and O–H groups in total. The molecule has 2 aliphatic rings. The molecule has 2 nitrogen and oxygen atoms in total. The van der Waals surface area contributed by atoms with Gasteiger partial charge in [0.05, 0.1) is 0 Å². The second kappa shape index (κ2) is 3.05. The van der Waals surface area contributed by atoms with Crippen molar-refractivity contribution in [2.75, 3.05) is 6.54 Å². The lowest BCUT2D eigenvalue weighted by molar-refractivity contribution is -0.121. The third-order valence-corrected chi connectivity index (χ3v) is 3.29. The smallest absolute Gasteiger partial charge is 0.224 e. The molecular formula is C9H10BrNO. The molecule has 1 amide bonds. The van der Waals surface area contributed by atoms with Gasteiger partial charge in [0.2, 0.25) is 5.91 Å². The van der Waals surface area contributed by atoms with E-state index in [-0.39, 0.29) is 5.91 Å². The first kappa shape index (κ1) is 8.05. The number of hydrogen-bond acceptors (Lipinski definition) is 1. The Balaban J connectivity index is 2.21. The highest BCUT2D eigenvalue weighted by atomic mass is 79.9. The normalized spacial score (nSPS) is 33.8. The molecular weight excluding hydrogens is 218 g/mol. The van der Waals surface area contributed by atoms with Gasteiger partial charge >= 0.3 is 0 Å². The Labute approximate surface area is 79.8 Å². The van der Waals surface area contributed by atoms with E-state index in [1.807, 2.05) is 6.08 Å². The summed E-state index contributed by atoms with van der Waals surface area (Å²) in [4.78, 5) is 11.4. The molecule has 1 aliphatic heterocycles. The quantitative estimate of drug-likeness (QED) is 0.623. The van der Waals surface area contributed by atoms with Gasteiger partial charge in [-0.25, -0.2) is 0 Å². The van der Waals surface area contributed by atoms with E-state index in [2.05, 4.69) is 33.4 Å². The lowest BCUT2D eigenvalue weighted by atomic mass is 9.86. The summed E-state index contributed by atoms with van der Waals surface area (Å²) in [5.74, 6) is 0.611. The molecule has 3 heteroatoms. The van der Waals surface area contributed by atoms with Crippen molar-refractivity contribution < 1.29 is 4.79 Å². The minimum atomic E-state index is 0.146. The summed E-state index contributed by atoms with van der Waals surface area (Å²) in [6, 6.07) is 0. The highest BCUT2D eigenvalue weighted by molar-refractivity contribution is 9.09. The maximum Gasteiger partial charge on any atom is 0.224 e. The van der Waals surface area contributed by atoms with Crippen LogP contribution in [0.5, 0.6) is 0 Å². The number of fused-ring (bicyclic) bond motifs is 1. The largest absolute Gasteiger partial charge is 0.355 e. The summed E-state index contributed by atoms with van der Waals surface area (Å²) < 4.78 is 0. The maximum absolute atomic E-state index is 11.0. The van der Waals surface area contributed by atoms with Crippen LogP contribution < -0.4 is 5.32 Å². The van der Waals surface area contributed by atoms with Gasteiger partial charge in [0.15, 0.2) is 0 Å². The SMILES string of the molecule is O=C1CC2=CC=CC(Br)C2CN1. The average Bonchev–Trinajstić information content (AvgIpc) is 2.04. The van der Waals surface area contributed by atoms with Crippen molar-refractivity contribution >= 4 is 21.8 Å². The maximum atomic E-state index is 11.0. The van der Waals surface area contributed by atoms with Crippen LogP contribution in [-0.4, -0.2) is 17.3 Å². The fourth-order valence-electron chi connectivity index (χ4n) is 1.65. The Bertz CT molecular complexity index is 270. The lowest BCUT2D eigenvalue weighted by Crippen LogP contribution is -2.40. The van der Waals surface area contributed by atoms with E-state index >= 15 is 0 Å². The Morgan fingerprint density at radius 2 is 2.42 bits per heavy atom. The molecule has 1 fully saturated rings. The Hall–Kier alpha value is -0.570. The third-order valence-electron chi connectivity index (χ3n) is 2.35. The summed E-state index contributed by atoms with van der Waals surface area (Å²) in [6.07, 6.45) is 6.76. The number of hydrogen-bond donors (Lipinski definition) is 1. The monoisotopic (exact) mass is 227 g/mol. The van der Waals surface area contributed by atoms with Gasteiger partial charge in [0.1, 0.15) is 0 Å². The van der Waals surface area contributed by atoms with Crippen molar-refractivity contribution in [3.8, 4) is 0 Å². The topological polar surface area (TPSA) is 29.1 Å². The molecule has 2 atom stereocenters. The minimum absolute atomic E-state index is 0.146. The summed E-state index contributed by atoms with van der Waals surface area (Å²) in [5.41, 5.74) is 1.25. The number of amides is 1. The van der Waals surface area contributed by atoms with Crippen LogP contribution in [0, 0.1) is 5.92 Å². The van der Waals surface area contributed by atoms with E-state index in [4.69, 9.17) is 0 Å². The van der Waals surface area contributed by atoms with Crippen molar-refractivity contribution in [3.05, 3.63) is 23.8 Å². The van der Waals surface area contributed by atoms with Gasteiger partial charge < -0.3 is 5.32 Å². The van der Waals surface area contributed by atoms with E-state index in [0.29, 0.717) is 17.2 Å². The fraction of sp³-hybridized carbons (Fsp3) is 0.444. The van der Waals surface area contributed by atoms with E-state index in [1.165, 1.54) is 5.57 Å². The molecule has 1 saturated heterocycles. The van der Waals surface area contributed by atoms with Crippen LogP contribution in [0.4, 0.5) is 0 Å². The molecule has 1 heterocycles. The molecule has 12 heavy (non-hydrogen) atoms. The molecule has 2 unspecified atom stereocenters. The van der Waals surface area contributed by atoms with Crippen LogP contribution in [0.3, 0.4) is 0 Å². The first-order valence-corrected chi connectivity index (χ1v) is 4.97. The molecule has 64 valence electrons. The molecule has 2 rings (SSSR count). The summed E-state index contributed by atoms with van der Waals surface area (Å²) in [5, 5.41) is 2.87. The van der Waals surface area contributed by atoms with E-state index in [1.54, 1.807) is 0 Å². The predicted molar refractivity (Wildman–Crippen MR) is 51.1 cm³/mol. The van der Waals surface area contributed by atoms with Crippen LogP contribution in [0.25, 0.3) is 0 Å². The molecule has 0 aromatic carbocycles. The van der Waals surface area contributed by atoms with Crippen molar-refractivity contribution in [1.29, 1.82) is 0 Å². The zero-order chi connectivity index (χ0) is 8.55. The number of alkyl halides is 1. The van der Waals surface area contributed by atoms with Crippen LogP contribution in [0.15, 0.2) is 23.8 Å². The zero-order valence-corrected chi connectivity index (χ0v) is 8.17. The first-order chi connectivity index (χ1) is 5.77. The van der Waals surface area contributed by atoms with Crippen LogP contribution in [-0.2, 0) is 4.79 Å². The number of piperidine rings is 1. The summed E-state index contributed by atoms with van der Waals surface area (Å²) >= 11 is 3.57. The van der Waals surface area contributed by atoms with Crippen molar-refractivity contribution in [3.63, 3.8) is 0 Å². The van der Waals surface area contributed by atoms with Gasteiger partial charge in [-0.05, 0) is 0 Å². The van der Waals surface area contributed by atoms with Gasteiger partial charge in [-0.15, -0.1) is 0 Å². The Kier molecular flexibility index (Phi) is 2.05. The van der Waals surface area contributed by atoms with Crippen LogP contribution in [0.1, 0.15) is 6.42 Å². The number of halogens is 1. The highest BCUT2D eigenvalue weighted by Crippen LogP contribution is 2.30. The second-order valence-electron chi connectivity index (χ2n) is 3.16. The lowest BCUT2D eigenvalue weighted by Gasteiger charge is -2.30. The number of rotatable bonds is 0. The van der Waals surface area contributed by atoms with Crippen LogP contribution in [0.2, 0.25) is 0 Å². The minimum Gasteiger partial charge on any atom is -0.355 e.